The Hall–Kier alpha value is -3.63. The molecule has 5 rings (SSSR count). The average molecular weight is 642 g/mol. The maximum absolute atomic E-state index is 13.5. The molecule has 3 atom stereocenters. The van der Waals surface area contributed by atoms with Crippen molar-refractivity contribution in [2.75, 3.05) is 6.54 Å². The Balaban J connectivity index is 1.37. The van der Waals surface area contributed by atoms with Crippen LogP contribution in [0.3, 0.4) is 0 Å². The summed E-state index contributed by atoms with van der Waals surface area (Å²) in [5.41, 5.74) is 0.0361. The van der Waals surface area contributed by atoms with Gasteiger partial charge in [-0.1, -0.05) is 50.6 Å². The number of carbonyl (C=O) groups excluding carboxylic acids is 5. The Bertz CT molecular complexity index is 1200. The van der Waals surface area contributed by atoms with E-state index in [1.807, 2.05) is 44.2 Å². The lowest BCUT2D eigenvalue weighted by molar-refractivity contribution is -0.171. The van der Waals surface area contributed by atoms with Crippen LogP contribution in [0.2, 0.25) is 0 Å². The van der Waals surface area contributed by atoms with Gasteiger partial charge in [-0.2, -0.15) is 0 Å². The van der Waals surface area contributed by atoms with Crippen molar-refractivity contribution in [3.8, 4) is 0 Å². The van der Waals surface area contributed by atoms with E-state index in [1.165, 1.54) is 6.42 Å². The Morgan fingerprint density at radius 1 is 0.870 bits per heavy atom. The number of rotatable bonds is 14. The van der Waals surface area contributed by atoms with Gasteiger partial charge in [0.25, 0.3) is 0 Å². The molecule has 1 aromatic carbocycles. The highest BCUT2D eigenvalue weighted by atomic mass is 16.6. The summed E-state index contributed by atoms with van der Waals surface area (Å²) in [6.45, 7) is 8.49. The van der Waals surface area contributed by atoms with E-state index in [0.29, 0.717) is 18.3 Å². The van der Waals surface area contributed by atoms with Crippen molar-refractivity contribution in [2.45, 2.75) is 116 Å². The van der Waals surface area contributed by atoms with Crippen LogP contribution in [0.4, 0.5) is 4.79 Å². The number of hydrogen-bond acceptors (Lipinski definition) is 8. The van der Waals surface area contributed by atoms with Crippen molar-refractivity contribution in [3.05, 3.63) is 35.9 Å². The molecule has 4 aliphatic rings. The zero-order valence-electron chi connectivity index (χ0n) is 27.8. The molecule has 3 amide bonds. The second-order valence-electron chi connectivity index (χ2n) is 14.4. The van der Waals surface area contributed by atoms with E-state index in [-0.39, 0.29) is 31.5 Å². The van der Waals surface area contributed by atoms with E-state index < -0.39 is 54.1 Å². The van der Waals surface area contributed by atoms with Gasteiger partial charge in [-0.15, -0.1) is 0 Å². The molecule has 0 radical (unpaired) electrons. The Morgan fingerprint density at radius 3 is 2.09 bits per heavy atom. The third-order valence-electron chi connectivity index (χ3n) is 9.50. The van der Waals surface area contributed by atoms with Gasteiger partial charge >= 0.3 is 18.0 Å². The summed E-state index contributed by atoms with van der Waals surface area (Å²) in [4.78, 5) is 64.9. The summed E-state index contributed by atoms with van der Waals surface area (Å²) >= 11 is 0. The van der Waals surface area contributed by atoms with Crippen LogP contribution in [0.1, 0.15) is 91.5 Å². The van der Waals surface area contributed by atoms with E-state index in [1.54, 1.807) is 20.8 Å². The minimum atomic E-state index is -1.16. The summed E-state index contributed by atoms with van der Waals surface area (Å²) in [6.07, 6.45) is 5.31. The molecule has 0 spiro atoms. The molecule has 0 heterocycles. The second-order valence-corrected chi connectivity index (χ2v) is 14.4. The molecule has 4 bridgehead atoms. The van der Waals surface area contributed by atoms with Gasteiger partial charge in [0.05, 0.1) is 0 Å². The normalized spacial score (nSPS) is 25.0. The molecule has 11 heteroatoms. The van der Waals surface area contributed by atoms with Gasteiger partial charge < -0.3 is 30.2 Å². The molecule has 0 aliphatic heterocycles. The van der Waals surface area contributed by atoms with E-state index in [0.717, 1.165) is 43.1 Å². The van der Waals surface area contributed by atoms with Gasteiger partial charge in [-0.05, 0) is 94.4 Å². The third kappa shape index (κ3) is 10.2. The number of amides is 3. The Kier molecular flexibility index (Phi) is 12.1. The number of hydrogen-bond donors (Lipinski definition) is 3. The molecular formula is C35H51N3O8. The van der Waals surface area contributed by atoms with Gasteiger partial charge in [-0.3, -0.25) is 19.2 Å². The highest BCUT2D eigenvalue weighted by Crippen LogP contribution is 2.54. The number of carbonyl (C=O) groups is 5. The molecule has 11 nitrogen and oxygen atoms in total. The summed E-state index contributed by atoms with van der Waals surface area (Å²) in [7, 11) is 0. The van der Waals surface area contributed by atoms with Crippen molar-refractivity contribution in [3.63, 3.8) is 0 Å². The quantitative estimate of drug-likeness (QED) is 0.200. The largest absolute Gasteiger partial charge is 0.462 e. The smallest absolute Gasteiger partial charge is 0.408 e. The minimum Gasteiger partial charge on any atom is -0.462 e. The van der Waals surface area contributed by atoms with Crippen LogP contribution < -0.4 is 16.0 Å². The van der Waals surface area contributed by atoms with E-state index in [4.69, 9.17) is 14.2 Å². The Morgan fingerprint density at radius 2 is 1.50 bits per heavy atom. The van der Waals surface area contributed by atoms with Gasteiger partial charge in [-0.25, -0.2) is 4.79 Å². The van der Waals surface area contributed by atoms with Crippen molar-refractivity contribution in [1.82, 2.24) is 16.0 Å². The van der Waals surface area contributed by atoms with Gasteiger partial charge in [0.15, 0.2) is 0 Å². The first-order valence-electron chi connectivity index (χ1n) is 16.8. The highest BCUT2D eigenvalue weighted by Gasteiger charge is 2.50. The van der Waals surface area contributed by atoms with Crippen molar-refractivity contribution >= 4 is 29.8 Å². The number of nitrogens with one attached hydrogen (secondary N) is 3. The van der Waals surface area contributed by atoms with Crippen molar-refractivity contribution < 1.29 is 38.2 Å². The number of esters is 2. The molecule has 0 saturated heterocycles. The summed E-state index contributed by atoms with van der Waals surface area (Å²) in [5, 5.41) is 7.87. The fraction of sp³-hybridized carbons (Fsp3) is 0.686. The lowest BCUT2D eigenvalue weighted by Gasteiger charge is -2.53. The van der Waals surface area contributed by atoms with E-state index in [9.17, 15) is 24.0 Å². The zero-order chi connectivity index (χ0) is 33.4. The first-order chi connectivity index (χ1) is 21.8. The van der Waals surface area contributed by atoms with Crippen molar-refractivity contribution in [2.24, 2.45) is 29.6 Å². The molecule has 0 unspecified atom stereocenters. The SMILES string of the molecule is CC[C@H](C)[C@H](NC(=O)OC(C)(C)C)C(=O)N[C@@H](CCC(=O)OC1C2CC3CC(C2)CC1C3)C(=O)NCC(=O)OCc1ccccc1. The second kappa shape index (κ2) is 15.8. The molecule has 4 saturated carbocycles. The minimum absolute atomic E-state index is 0.0392. The fourth-order valence-electron chi connectivity index (χ4n) is 7.28. The topological polar surface area (TPSA) is 149 Å². The highest BCUT2D eigenvalue weighted by molar-refractivity contribution is 5.92. The van der Waals surface area contributed by atoms with Crippen LogP contribution in [-0.4, -0.2) is 60.2 Å². The first kappa shape index (κ1) is 35.2. The molecule has 254 valence electrons. The van der Waals surface area contributed by atoms with Crippen LogP contribution in [0.5, 0.6) is 0 Å². The molecule has 4 fully saturated rings. The average Bonchev–Trinajstić information content (AvgIpc) is 3.00. The standard InChI is InChI=1S/C35H51N3O8/c1-6-21(2)30(38-34(43)46-35(3,4)5)33(42)37-27(32(41)36-19-29(40)44-20-22-10-8-7-9-11-22)12-13-28(39)45-31-25-15-23-14-24(17-25)18-26(31)16-23/h7-11,21,23-27,30-31H,6,12-20H2,1-5H3,(H,36,41)(H,37,42)(H,38,43)/t21-,23?,24?,25?,26?,27-,30-,31?/m0/s1. The van der Waals surface area contributed by atoms with Crippen LogP contribution in [0, 0.1) is 29.6 Å². The summed E-state index contributed by atoms with van der Waals surface area (Å²) in [5.74, 6) is -0.294. The van der Waals surface area contributed by atoms with Gasteiger partial charge in [0, 0.05) is 6.42 Å². The number of ether oxygens (including phenoxy) is 3. The monoisotopic (exact) mass is 641 g/mol. The van der Waals surface area contributed by atoms with Crippen LogP contribution in [-0.2, 0) is 40.0 Å². The first-order valence-corrected chi connectivity index (χ1v) is 16.8. The van der Waals surface area contributed by atoms with Gasteiger partial charge in [0.1, 0.15) is 36.9 Å². The molecular weight excluding hydrogens is 590 g/mol. The summed E-state index contributed by atoms with van der Waals surface area (Å²) in [6, 6.07) is 7.00. The third-order valence-corrected chi connectivity index (χ3v) is 9.50. The van der Waals surface area contributed by atoms with Crippen molar-refractivity contribution in [1.29, 1.82) is 0 Å². The number of benzene rings is 1. The zero-order valence-corrected chi connectivity index (χ0v) is 27.8. The van der Waals surface area contributed by atoms with Gasteiger partial charge in [0.2, 0.25) is 11.8 Å². The molecule has 46 heavy (non-hydrogen) atoms. The lowest BCUT2D eigenvalue weighted by Crippen LogP contribution is -2.56. The fourth-order valence-corrected chi connectivity index (χ4v) is 7.28. The molecule has 4 aliphatic carbocycles. The number of alkyl carbamates (subject to hydrolysis) is 1. The molecule has 1 aromatic rings. The maximum atomic E-state index is 13.5. The Labute approximate surface area is 272 Å². The van der Waals surface area contributed by atoms with Crippen LogP contribution >= 0.6 is 0 Å². The summed E-state index contributed by atoms with van der Waals surface area (Å²) < 4.78 is 16.6. The van der Waals surface area contributed by atoms with Crippen LogP contribution in [0.25, 0.3) is 0 Å². The predicted octanol–water partition coefficient (Wildman–Crippen LogP) is 4.42. The molecule has 3 N–H and O–H groups in total. The lowest BCUT2D eigenvalue weighted by atomic mass is 9.55. The predicted molar refractivity (Wildman–Crippen MR) is 170 cm³/mol. The van der Waals surface area contributed by atoms with E-state index in [2.05, 4.69) is 16.0 Å². The van der Waals surface area contributed by atoms with E-state index >= 15 is 0 Å². The molecule has 0 aromatic heterocycles. The van der Waals surface area contributed by atoms with Crippen LogP contribution in [0.15, 0.2) is 30.3 Å². The maximum Gasteiger partial charge on any atom is 0.408 e.